The van der Waals surface area contributed by atoms with E-state index >= 15 is 0 Å². The molecule has 0 saturated carbocycles. The predicted octanol–water partition coefficient (Wildman–Crippen LogP) is 2.74. The van der Waals surface area contributed by atoms with Gasteiger partial charge in [0.1, 0.15) is 5.70 Å². The van der Waals surface area contributed by atoms with Crippen LogP contribution in [0.15, 0.2) is 64.4 Å². The van der Waals surface area contributed by atoms with Crippen molar-refractivity contribution in [1.82, 2.24) is 5.01 Å². The number of ether oxygens (including phenoxy) is 1. The number of esters is 1. The second-order valence-electron chi connectivity index (χ2n) is 4.63. The SMILES string of the molecule is C/C=C/C=N/N1C(=NCc2ccccc2)SC(=O)/C1=C\C(=O)OC. The second-order valence-corrected chi connectivity index (χ2v) is 5.57. The number of hydrogen-bond donors (Lipinski definition) is 0. The van der Waals surface area contributed by atoms with E-state index in [0.717, 1.165) is 23.4 Å². The van der Waals surface area contributed by atoms with E-state index in [9.17, 15) is 9.59 Å². The molecule has 0 N–H and O–H groups in total. The van der Waals surface area contributed by atoms with E-state index < -0.39 is 5.97 Å². The van der Waals surface area contributed by atoms with Gasteiger partial charge in [0.05, 0.1) is 19.7 Å². The zero-order valence-electron chi connectivity index (χ0n) is 13.4. The highest BCUT2D eigenvalue weighted by Gasteiger charge is 2.33. The van der Waals surface area contributed by atoms with Gasteiger partial charge in [0.2, 0.25) is 5.12 Å². The van der Waals surface area contributed by atoms with Crippen molar-refractivity contribution < 1.29 is 14.3 Å². The lowest BCUT2D eigenvalue weighted by molar-refractivity contribution is -0.135. The molecule has 24 heavy (non-hydrogen) atoms. The molecule has 0 radical (unpaired) electrons. The van der Waals surface area contributed by atoms with Gasteiger partial charge in [-0.2, -0.15) is 5.10 Å². The molecule has 0 atom stereocenters. The molecule has 1 aromatic carbocycles. The lowest BCUT2D eigenvalue weighted by Gasteiger charge is -2.11. The third-order valence-electron chi connectivity index (χ3n) is 2.96. The maximum atomic E-state index is 12.2. The Bertz CT molecular complexity index is 724. The molecule has 124 valence electrons. The summed E-state index contributed by atoms with van der Waals surface area (Å²) in [6, 6.07) is 9.67. The van der Waals surface area contributed by atoms with Crippen molar-refractivity contribution in [2.45, 2.75) is 13.5 Å². The standard InChI is InChI=1S/C17H17N3O3S/c1-3-4-10-19-20-14(11-15(21)23-2)16(22)24-17(20)18-12-13-8-6-5-7-9-13/h3-11H,12H2,1-2H3/b4-3+,14-11+,18-17?,19-10+. The second kappa shape index (κ2) is 8.83. The fraction of sp³-hybridized carbons (Fsp3) is 0.176. The Kier molecular flexibility index (Phi) is 6.51. The highest BCUT2D eigenvalue weighted by molar-refractivity contribution is 8.27. The number of carbonyl (C=O) groups excluding carboxylic acids is 2. The van der Waals surface area contributed by atoms with E-state index in [-0.39, 0.29) is 10.8 Å². The summed E-state index contributed by atoms with van der Waals surface area (Å²) in [6.45, 7) is 2.27. The van der Waals surface area contributed by atoms with Crippen LogP contribution in [0.4, 0.5) is 0 Å². The summed E-state index contributed by atoms with van der Waals surface area (Å²) in [7, 11) is 1.25. The van der Waals surface area contributed by atoms with E-state index in [1.165, 1.54) is 18.3 Å². The van der Waals surface area contributed by atoms with Gasteiger partial charge in [0.25, 0.3) is 0 Å². The third kappa shape index (κ3) is 4.66. The first kappa shape index (κ1) is 17.7. The Morgan fingerprint density at radius 3 is 2.75 bits per heavy atom. The fourth-order valence-corrected chi connectivity index (χ4v) is 2.58. The zero-order chi connectivity index (χ0) is 17.4. The summed E-state index contributed by atoms with van der Waals surface area (Å²) in [4.78, 5) is 28.1. The molecule has 1 saturated heterocycles. The average molecular weight is 343 g/mol. The van der Waals surface area contributed by atoms with Crippen LogP contribution < -0.4 is 0 Å². The molecule has 0 bridgehead atoms. The van der Waals surface area contributed by atoms with Crippen molar-refractivity contribution in [3.63, 3.8) is 0 Å². The largest absolute Gasteiger partial charge is 0.466 e. The number of allylic oxidation sites excluding steroid dienone is 2. The first-order valence-corrected chi connectivity index (χ1v) is 8.03. The van der Waals surface area contributed by atoms with Crippen LogP contribution in [0.3, 0.4) is 0 Å². The molecular weight excluding hydrogens is 326 g/mol. The number of rotatable bonds is 5. The molecule has 1 heterocycles. The number of hydrazone groups is 1. The number of hydrogen-bond acceptors (Lipinski definition) is 6. The van der Waals surface area contributed by atoms with E-state index in [0.29, 0.717) is 11.7 Å². The molecule has 7 heteroatoms. The van der Waals surface area contributed by atoms with Gasteiger partial charge in [0, 0.05) is 6.21 Å². The topological polar surface area (TPSA) is 71.3 Å². The first-order chi connectivity index (χ1) is 11.7. The fourth-order valence-electron chi connectivity index (χ4n) is 1.80. The van der Waals surface area contributed by atoms with Crippen molar-refractivity contribution in [3.05, 3.63) is 59.8 Å². The van der Waals surface area contributed by atoms with Crippen LogP contribution >= 0.6 is 11.8 Å². The molecule has 1 aliphatic rings. The number of aliphatic imine (C=N–C) groups is 1. The maximum absolute atomic E-state index is 12.2. The smallest absolute Gasteiger partial charge is 0.332 e. The molecule has 1 aromatic rings. The van der Waals surface area contributed by atoms with Crippen molar-refractivity contribution in [2.75, 3.05) is 7.11 Å². The Labute approximate surface area is 144 Å². The molecule has 0 aromatic heterocycles. The third-order valence-corrected chi connectivity index (χ3v) is 3.84. The van der Waals surface area contributed by atoms with Crippen LogP contribution in [0.5, 0.6) is 0 Å². The Morgan fingerprint density at radius 1 is 1.33 bits per heavy atom. The lowest BCUT2D eigenvalue weighted by Crippen LogP contribution is -2.18. The molecule has 0 unspecified atom stereocenters. The van der Waals surface area contributed by atoms with Gasteiger partial charge in [-0.25, -0.2) is 9.80 Å². The molecular formula is C17H17N3O3S. The van der Waals surface area contributed by atoms with Gasteiger partial charge in [-0.3, -0.25) is 9.79 Å². The summed E-state index contributed by atoms with van der Waals surface area (Å²) in [5, 5.41) is 5.67. The molecule has 0 spiro atoms. The molecule has 0 amide bonds. The number of benzene rings is 1. The van der Waals surface area contributed by atoms with Gasteiger partial charge in [0.15, 0.2) is 5.17 Å². The minimum Gasteiger partial charge on any atom is -0.466 e. The molecule has 0 aliphatic carbocycles. The molecule has 1 fully saturated rings. The number of amidine groups is 1. The quantitative estimate of drug-likeness (QED) is 0.467. The zero-order valence-corrected chi connectivity index (χ0v) is 14.2. The minimum atomic E-state index is -0.616. The van der Waals surface area contributed by atoms with E-state index in [4.69, 9.17) is 0 Å². The van der Waals surface area contributed by atoms with Crippen LogP contribution in [0.2, 0.25) is 0 Å². The monoisotopic (exact) mass is 343 g/mol. The van der Waals surface area contributed by atoms with Gasteiger partial charge in [-0.05, 0) is 30.3 Å². The number of thioether (sulfide) groups is 1. The van der Waals surface area contributed by atoms with E-state index in [1.807, 2.05) is 37.3 Å². The minimum absolute atomic E-state index is 0.124. The first-order valence-electron chi connectivity index (χ1n) is 7.21. The van der Waals surface area contributed by atoms with Gasteiger partial charge in [-0.1, -0.05) is 36.4 Å². The summed E-state index contributed by atoms with van der Waals surface area (Å²) < 4.78 is 4.59. The van der Waals surface area contributed by atoms with Gasteiger partial charge < -0.3 is 4.74 Å². The summed E-state index contributed by atoms with van der Waals surface area (Å²) in [5.74, 6) is -0.616. The van der Waals surface area contributed by atoms with Gasteiger partial charge >= 0.3 is 5.97 Å². The Hall–Kier alpha value is -2.67. The highest BCUT2D eigenvalue weighted by Crippen LogP contribution is 2.29. The van der Waals surface area contributed by atoms with Gasteiger partial charge in [-0.15, -0.1) is 0 Å². The summed E-state index contributed by atoms with van der Waals surface area (Å²) in [5.41, 5.74) is 1.14. The van der Waals surface area contributed by atoms with Crippen molar-refractivity contribution in [3.8, 4) is 0 Å². The average Bonchev–Trinajstić information content (AvgIpc) is 2.89. The Morgan fingerprint density at radius 2 is 2.08 bits per heavy atom. The predicted molar refractivity (Wildman–Crippen MR) is 95.4 cm³/mol. The summed E-state index contributed by atoms with van der Waals surface area (Å²) >= 11 is 0.935. The summed E-state index contributed by atoms with van der Waals surface area (Å²) in [6.07, 6.45) is 6.17. The number of methoxy groups -OCH3 is 1. The van der Waals surface area contributed by atoms with E-state index in [1.54, 1.807) is 12.2 Å². The lowest BCUT2D eigenvalue weighted by atomic mass is 10.2. The molecule has 6 nitrogen and oxygen atoms in total. The van der Waals surface area contributed by atoms with Crippen LogP contribution in [-0.2, 0) is 20.9 Å². The highest BCUT2D eigenvalue weighted by atomic mass is 32.2. The van der Waals surface area contributed by atoms with E-state index in [2.05, 4.69) is 14.8 Å². The van der Waals surface area contributed by atoms with Crippen molar-refractivity contribution in [1.29, 1.82) is 0 Å². The van der Waals surface area contributed by atoms with Crippen molar-refractivity contribution >= 4 is 34.2 Å². The van der Waals surface area contributed by atoms with Crippen LogP contribution in [-0.4, -0.2) is 34.6 Å². The van der Waals surface area contributed by atoms with Crippen LogP contribution in [0.25, 0.3) is 0 Å². The molecule has 1 aliphatic heterocycles. The number of carbonyl (C=O) groups is 2. The van der Waals surface area contributed by atoms with Crippen molar-refractivity contribution in [2.24, 2.45) is 10.1 Å². The normalized spacial score (nSPS) is 18.4. The van der Waals surface area contributed by atoms with Crippen LogP contribution in [0, 0.1) is 0 Å². The number of nitrogens with zero attached hydrogens (tertiary/aromatic N) is 3. The Balaban J connectivity index is 2.30. The maximum Gasteiger partial charge on any atom is 0.332 e. The molecule has 2 rings (SSSR count). The van der Waals surface area contributed by atoms with Crippen LogP contribution in [0.1, 0.15) is 12.5 Å².